The van der Waals surface area contributed by atoms with E-state index in [4.69, 9.17) is 4.74 Å². The number of hydrogen-bond acceptors (Lipinski definition) is 6. The zero-order valence-electron chi connectivity index (χ0n) is 14.9. The molecule has 9 heteroatoms. The highest BCUT2D eigenvalue weighted by atomic mass is 16.6. The molecule has 28 heavy (non-hydrogen) atoms. The van der Waals surface area contributed by atoms with Crippen molar-refractivity contribution in [1.29, 1.82) is 0 Å². The monoisotopic (exact) mass is 378 g/mol. The molecule has 0 aliphatic carbocycles. The van der Waals surface area contributed by atoms with Gasteiger partial charge in [-0.15, -0.1) is 0 Å². The molecule has 0 amide bonds. The SMILES string of the molecule is COc1cc([N+](=O)[O-])ccc1-n1c2nc(=O)n(C)c(=O)c-2cc2ccccc21. The molecule has 2 aromatic rings. The van der Waals surface area contributed by atoms with E-state index >= 15 is 0 Å². The van der Waals surface area contributed by atoms with Crippen molar-refractivity contribution in [3.8, 4) is 22.8 Å². The van der Waals surface area contributed by atoms with Gasteiger partial charge in [-0.1, -0.05) is 18.2 Å². The molecule has 2 aromatic carbocycles. The molecule has 0 saturated carbocycles. The second kappa shape index (κ2) is 6.31. The molecule has 0 atom stereocenters. The molecule has 0 bridgehead atoms. The molecule has 0 unspecified atom stereocenters. The van der Waals surface area contributed by atoms with Crippen molar-refractivity contribution < 1.29 is 9.66 Å². The molecule has 0 N–H and O–H groups in total. The largest absolute Gasteiger partial charge is 0.494 e. The molecule has 0 radical (unpaired) electrons. The van der Waals surface area contributed by atoms with Gasteiger partial charge in [-0.25, -0.2) is 4.79 Å². The first-order valence-corrected chi connectivity index (χ1v) is 8.26. The van der Waals surface area contributed by atoms with Crippen molar-refractivity contribution in [3.05, 3.63) is 79.5 Å². The van der Waals surface area contributed by atoms with Gasteiger partial charge in [0.1, 0.15) is 5.75 Å². The number of benzene rings is 2. The topological polar surface area (TPSA) is 109 Å². The number of non-ortho nitro benzene ring substituents is 1. The average Bonchev–Trinajstić information content (AvgIpc) is 2.70. The summed E-state index contributed by atoms with van der Waals surface area (Å²) in [5.41, 5.74) is 0.0375. The molecule has 2 aliphatic heterocycles. The molecule has 0 fully saturated rings. The van der Waals surface area contributed by atoms with Gasteiger partial charge >= 0.3 is 5.69 Å². The Morgan fingerprint density at radius 3 is 2.57 bits per heavy atom. The lowest BCUT2D eigenvalue weighted by atomic mass is 10.1. The fraction of sp³-hybridized carbons (Fsp3) is 0.105. The highest BCUT2D eigenvalue weighted by molar-refractivity contribution is 5.87. The van der Waals surface area contributed by atoms with Crippen molar-refractivity contribution in [3.63, 3.8) is 0 Å². The van der Waals surface area contributed by atoms with Crippen molar-refractivity contribution in [2.45, 2.75) is 0 Å². The van der Waals surface area contributed by atoms with Crippen LogP contribution in [0, 0.1) is 10.1 Å². The number of para-hydroxylation sites is 1. The van der Waals surface area contributed by atoms with Crippen LogP contribution in [0.5, 0.6) is 5.75 Å². The van der Waals surface area contributed by atoms with Crippen LogP contribution in [0.1, 0.15) is 0 Å². The number of ether oxygens (including phenoxy) is 1. The highest BCUT2D eigenvalue weighted by Crippen LogP contribution is 2.34. The van der Waals surface area contributed by atoms with E-state index in [1.54, 1.807) is 16.7 Å². The normalized spacial score (nSPS) is 11.1. The molecular formula is C19H14N4O5. The van der Waals surface area contributed by atoms with Crippen LogP contribution in [0.15, 0.2) is 58.1 Å². The van der Waals surface area contributed by atoms with Crippen molar-refractivity contribution >= 4 is 16.6 Å². The summed E-state index contributed by atoms with van der Waals surface area (Å²) in [6.07, 6.45) is 0. The number of nitro groups is 1. The number of nitrogens with zero attached hydrogens (tertiary/aromatic N) is 4. The minimum atomic E-state index is -0.692. The molecule has 4 rings (SSSR count). The summed E-state index contributed by atoms with van der Waals surface area (Å²) in [5.74, 6) is 0.366. The Kier molecular flexibility index (Phi) is 3.92. The predicted octanol–water partition coefficient (Wildman–Crippen LogP) is 2.11. The highest BCUT2D eigenvalue weighted by Gasteiger charge is 2.22. The van der Waals surface area contributed by atoms with Crippen LogP contribution in [0.25, 0.3) is 28.0 Å². The summed E-state index contributed by atoms with van der Waals surface area (Å²) in [4.78, 5) is 39.5. The zero-order valence-corrected chi connectivity index (χ0v) is 14.9. The summed E-state index contributed by atoms with van der Waals surface area (Å²) in [6.45, 7) is 0. The molecule has 0 aromatic heterocycles. The van der Waals surface area contributed by atoms with Crippen LogP contribution >= 0.6 is 0 Å². The smallest absolute Gasteiger partial charge is 0.352 e. The maximum Gasteiger partial charge on any atom is 0.352 e. The molecule has 2 heterocycles. The summed E-state index contributed by atoms with van der Waals surface area (Å²) in [7, 11) is 2.75. The van der Waals surface area contributed by atoms with Gasteiger partial charge in [-0.3, -0.25) is 24.0 Å². The van der Waals surface area contributed by atoms with Crippen molar-refractivity contribution in [2.75, 3.05) is 7.11 Å². The lowest BCUT2D eigenvalue weighted by Crippen LogP contribution is -2.35. The Morgan fingerprint density at radius 1 is 1.11 bits per heavy atom. The standard InChI is InChI=1S/C19H14N4O5/c1-21-18(24)13-9-11-5-3-4-6-14(11)22(17(13)20-19(21)25)15-8-7-12(23(26)27)10-16(15)28-2/h3-10H,1-2H3. The number of fused-ring (bicyclic) bond motifs is 2. The third-order valence-electron chi connectivity index (χ3n) is 4.57. The van der Waals surface area contributed by atoms with E-state index < -0.39 is 16.2 Å². The third kappa shape index (κ3) is 2.52. The van der Waals surface area contributed by atoms with E-state index in [0.717, 1.165) is 9.95 Å². The predicted molar refractivity (Wildman–Crippen MR) is 102 cm³/mol. The Labute approximate surface area is 157 Å². The number of pyridine rings is 1. The zero-order chi connectivity index (χ0) is 20.0. The first-order valence-electron chi connectivity index (χ1n) is 8.26. The van der Waals surface area contributed by atoms with E-state index in [9.17, 15) is 19.7 Å². The van der Waals surface area contributed by atoms with Gasteiger partial charge in [0.2, 0.25) is 0 Å². The summed E-state index contributed by atoms with van der Waals surface area (Å²) >= 11 is 0. The molecule has 0 spiro atoms. The lowest BCUT2D eigenvalue weighted by molar-refractivity contribution is -0.384. The van der Waals surface area contributed by atoms with Gasteiger partial charge in [-0.05, 0) is 23.6 Å². The summed E-state index contributed by atoms with van der Waals surface area (Å²) in [5, 5.41) is 11.9. The van der Waals surface area contributed by atoms with E-state index in [1.807, 2.05) is 18.2 Å². The maximum absolute atomic E-state index is 12.7. The second-order valence-electron chi connectivity index (χ2n) is 6.15. The molecule has 0 saturated heterocycles. The lowest BCUT2D eigenvalue weighted by Gasteiger charge is -2.19. The molecule has 9 nitrogen and oxygen atoms in total. The summed E-state index contributed by atoms with van der Waals surface area (Å²) < 4.78 is 7.90. The average molecular weight is 378 g/mol. The van der Waals surface area contributed by atoms with Crippen molar-refractivity contribution in [1.82, 2.24) is 14.1 Å². The van der Waals surface area contributed by atoms with Gasteiger partial charge in [0.05, 0.1) is 34.9 Å². The fourth-order valence-electron chi connectivity index (χ4n) is 3.18. The number of methoxy groups -OCH3 is 1. The van der Waals surface area contributed by atoms with E-state index in [2.05, 4.69) is 4.98 Å². The fourth-order valence-corrected chi connectivity index (χ4v) is 3.18. The second-order valence-corrected chi connectivity index (χ2v) is 6.15. The van der Waals surface area contributed by atoms with Crippen LogP contribution in [0.3, 0.4) is 0 Å². The van der Waals surface area contributed by atoms with Crippen LogP contribution in [0.4, 0.5) is 5.69 Å². The van der Waals surface area contributed by atoms with Crippen molar-refractivity contribution in [2.24, 2.45) is 7.05 Å². The van der Waals surface area contributed by atoms with E-state index in [-0.39, 0.29) is 22.8 Å². The van der Waals surface area contributed by atoms with Crippen LogP contribution in [-0.4, -0.2) is 26.2 Å². The maximum atomic E-state index is 12.7. The number of rotatable bonds is 3. The molecular weight excluding hydrogens is 364 g/mol. The van der Waals surface area contributed by atoms with Gasteiger partial charge in [0.15, 0.2) is 5.82 Å². The van der Waals surface area contributed by atoms with Gasteiger partial charge in [0.25, 0.3) is 11.2 Å². The third-order valence-corrected chi connectivity index (χ3v) is 4.57. The molecule has 2 aliphatic rings. The van der Waals surface area contributed by atoms with Gasteiger partial charge in [0, 0.05) is 13.1 Å². The quantitative estimate of drug-likeness (QED) is 0.307. The number of aromatic nitrogens is 3. The minimum Gasteiger partial charge on any atom is -0.494 e. The Balaban J connectivity index is 2.21. The van der Waals surface area contributed by atoms with E-state index in [1.165, 1.54) is 32.4 Å². The van der Waals surface area contributed by atoms with E-state index in [0.29, 0.717) is 11.2 Å². The minimum absolute atomic E-state index is 0.140. The first kappa shape index (κ1) is 17.4. The number of hydrogen-bond donors (Lipinski definition) is 0. The Hall–Kier alpha value is -4.01. The van der Waals surface area contributed by atoms with Crippen LogP contribution in [0.2, 0.25) is 0 Å². The van der Waals surface area contributed by atoms with Crippen LogP contribution in [-0.2, 0) is 7.05 Å². The van der Waals surface area contributed by atoms with Gasteiger partial charge in [-0.2, -0.15) is 4.98 Å². The summed E-state index contributed by atoms with van der Waals surface area (Å²) in [6, 6.07) is 13.1. The molecule has 140 valence electrons. The first-order chi connectivity index (χ1) is 13.4. The number of nitro benzene ring substituents is 1. The Morgan fingerprint density at radius 2 is 1.86 bits per heavy atom. The van der Waals surface area contributed by atoms with Crippen LogP contribution < -0.4 is 16.0 Å². The van der Waals surface area contributed by atoms with Gasteiger partial charge < -0.3 is 4.74 Å². The Bertz CT molecular complexity index is 1340.